The quantitative estimate of drug-likeness (QED) is 0.858. The molecule has 106 valence electrons. The average Bonchev–Trinajstić information content (AvgIpc) is 2.46. The number of methoxy groups -OCH3 is 1. The molecule has 4 heteroatoms. The van der Waals surface area contributed by atoms with E-state index in [1.807, 2.05) is 12.1 Å². The Morgan fingerprint density at radius 2 is 2.21 bits per heavy atom. The highest BCUT2D eigenvalue weighted by molar-refractivity contribution is 5.45. The van der Waals surface area contributed by atoms with Gasteiger partial charge in [-0.2, -0.15) is 0 Å². The first-order chi connectivity index (χ1) is 9.15. The molecule has 0 spiro atoms. The van der Waals surface area contributed by atoms with E-state index in [4.69, 9.17) is 4.74 Å². The Labute approximate surface area is 115 Å². The summed E-state index contributed by atoms with van der Waals surface area (Å²) in [5.41, 5.74) is 0.375. The lowest BCUT2D eigenvalue weighted by molar-refractivity contribution is 0.00229. The maximum absolute atomic E-state index is 10.6. The Morgan fingerprint density at radius 3 is 2.84 bits per heavy atom. The monoisotopic (exact) mass is 264 g/mol. The van der Waals surface area contributed by atoms with Crippen LogP contribution in [-0.2, 0) is 0 Å². The van der Waals surface area contributed by atoms with Gasteiger partial charge >= 0.3 is 0 Å². The number of nitrogens with zero attached hydrogens (tertiary/aromatic N) is 1. The molecule has 0 saturated heterocycles. The molecule has 0 bridgehead atoms. The van der Waals surface area contributed by atoms with E-state index in [1.54, 1.807) is 13.3 Å². The lowest BCUT2D eigenvalue weighted by Gasteiger charge is -2.36. The zero-order chi connectivity index (χ0) is 13.7. The lowest BCUT2D eigenvalue weighted by Crippen LogP contribution is -2.40. The predicted octanol–water partition coefficient (Wildman–Crippen LogP) is 2.83. The summed E-state index contributed by atoms with van der Waals surface area (Å²) >= 11 is 0. The molecule has 0 radical (unpaired) electrons. The average molecular weight is 264 g/mol. The van der Waals surface area contributed by atoms with Gasteiger partial charge in [-0.1, -0.05) is 13.3 Å². The summed E-state index contributed by atoms with van der Waals surface area (Å²) in [5.74, 6) is 1.38. The summed E-state index contributed by atoms with van der Waals surface area (Å²) in [5, 5.41) is 13.9. The molecule has 1 aromatic heterocycles. The number of nitrogens with one attached hydrogen (secondary N) is 1. The highest BCUT2D eigenvalue weighted by Crippen LogP contribution is 2.33. The fourth-order valence-electron chi connectivity index (χ4n) is 2.70. The molecule has 1 aliphatic carbocycles. The molecule has 0 amide bonds. The van der Waals surface area contributed by atoms with E-state index in [1.165, 1.54) is 6.42 Å². The number of aromatic nitrogens is 1. The van der Waals surface area contributed by atoms with Gasteiger partial charge in [-0.05, 0) is 37.7 Å². The van der Waals surface area contributed by atoms with Crippen molar-refractivity contribution in [1.29, 1.82) is 0 Å². The van der Waals surface area contributed by atoms with Gasteiger partial charge in [-0.15, -0.1) is 0 Å². The van der Waals surface area contributed by atoms with E-state index in [9.17, 15) is 5.11 Å². The van der Waals surface area contributed by atoms with Crippen LogP contribution in [0.5, 0.6) is 5.88 Å². The van der Waals surface area contributed by atoms with Crippen LogP contribution in [-0.4, -0.2) is 29.3 Å². The third-order valence-electron chi connectivity index (χ3n) is 4.18. The van der Waals surface area contributed by atoms with Crippen LogP contribution >= 0.6 is 0 Å². The molecular weight excluding hydrogens is 240 g/mol. The molecule has 2 N–H and O–H groups in total. The van der Waals surface area contributed by atoms with E-state index in [0.717, 1.165) is 37.3 Å². The number of ether oxygens (including phenoxy) is 1. The van der Waals surface area contributed by atoms with Crippen LogP contribution in [0.1, 0.15) is 39.0 Å². The van der Waals surface area contributed by atoms with Crippen molar-refractivity contribution >= 4 is 5.69 Å². The summed E-state index contributed by atoms with van der Waals surface area (Å²) in [6.07, 6.45) is 6.98. The Bertz CT molecular complexity index is 401. The van der Waals surface area contributed by atoms with Crippen molar-refractivity contribution in [2.75, 3.05) is 19.0 Å². The molecule has 0 aromatic carbocycles. The summed E-state index contributed by atoms with van der Waals surface area (Å²) in [6, 6.07) is 3.74. The normalized spacial score (nSPS) is 27.0. The van der Waals surface area contributed by atoms with Crippen LogP contribution in [0.3, 0.4) is 0 Å². The smallest absolute Gasteiger partial charge is 0.214 e. The van der Waals surface area contributed by atoms with E-state index in [0.29, 0.717) is 12.4 Å². The van der Waals surface area contributed by atoms with Crippen LogP contribution in [0.4, 0.5) is 5.69 Å². The summed E-state index contributed by atoms with van der Waals surface area (Å²) < 4.78 is 5.09. The van der Waals surface area contributed by atoms with Crippen molar-refractivity contribution in [1.82, 2.24) is 4.98 Å². The fourth-order valence-corrected chi connectivity index (χ4v) is 2.70. The largest absolute Gasteiger partial charge is 0.481 e. The van der Waals surface area contributed by atoms with Gasteiger partial charge in [0.05, 0.1) is 12.7 Å². The predicted molar refractivity (Wildman–Crippen MR) is 76.5 cm³/mol. The van der Waals surface area contributed by atoms with Crippen LogP contribution in [0.25, 0.3) is 0 Å². The highest BCUT2D eigenvalue weighted by Gasteiger charge is 2.32. The number of hydrogen-bond acceptors (Lipinski definition) is 4. The summed E-state index contributed by atoms with van der Waals surface area (Å²) in [6.45, 7) is 2.83. The number of hydrogen-bond donors (Lipinski definition) is 2. The van der Waals surface area contributed by atoms with Gasteiger partial charge in [0, 0.05) is 24.5 Å². The van der Waals surface area contributed by atoms with Crippen molar-refractivity contribution in [3.05, 3.63) is 18.3 Å². The molecular formula is C15H24N2O2. The van der Waals surface area contributed by atoms with E-state index >= 15 is 0 Å². The second kappa shape index (κ2) is 6.24. The zero-order valence-electron chi connectivity index (χ0n) is 11.9. The summed E-state index contributed by atoms with van der Waals surface area (Å²) in [7, 11) is 1.60. The SMILES string of the molecule is CCC1CCC(O)(CNc2ccnc(OC)c2)CC1. The highest BCUT2D eigenvalue weighted by atomic mass is 16.5. The van der Waals surface area contributed by atoms with Crippen LogP contribution in [0.15, 0.2) is 18.3 Å². The molecule has 4 nitrogen and oxygen atoms in total. The number of anilines is 1. The van der Waals surface area contributed by atoms with Gasteiger partial charge < -0.3 is 15.2 Å². The molecule has 1 aliphatic rings. The number of aliphatic hydroxyl groups is 1. The van der Waals surface area contributed by atoms with Gasteiger partial charge in [-0.25, -0.2) is 4.98 Å². The van der Waals surface area contributed by atoms with Crippen LogP contribution < -0.4 is 10.1 Å². The minimum Gasteiger partial charge on any atom is -0.481 e. The fraction of sp³-hybridized carbons (Fsp3) is 0.667. The van der Waals surface area contributed by atoms with Gasteiger partial charge in [0.1, 0.15) is 0 Å². The third kappa shape index (κ3) is 3.83. The molecule has 1 aromatic rings. The Balaban J connectivity index is 1.87. The van der Waals surface area contributed by atoms with Gasteiger partial charge in [-0.3, -0.25) is 0 Å². The first-order valence-corrected chi connectivity index (χ1v) is 7.11. The van der Waals surface area contributed by atoms with Crippen LogP contribution in [0, 0.1) is 5.92 Å². The summed E-state index contributed by atoms with van der Waals surface area (Å²) in [4.78, 5) is 4.07. The molecule has 19 heavy (non-hydrogen) atoms. The van der Waals surface area contributed by atoms with Crippen LogP contribution in [0.2, 0.25) is 0 Å². The minimum atomic E-state index is -0.567. The van der Waals surface area contributed by atoms with Gasteiger partial charge in [0.15, 0.2) is 0 Å². The molecule has 2 rings (SSSR count). The zero-order valence-corrected chi connectivity index (χ0v) is 11.9. The maximum Gasteiger partial charge on any atom is 0.214 e. The lowest BCUT2D eigenvalue weighted by atomic mass is 9.78. The standard InChI is InChI=1S/C15H24N2O2/c1-3-12-4-7-15(18,8-5-12)11-17-13-6-9-16-14(10-13)19-2/h6,9-10,12,18H,3-5,7-8,11H2,1-2H3,(H,16,17). The Hall–Kier alpha value is -1.29. The van der Waals surface area contributed by atoms with E-state index in [-0.39, 0.29) is 0 Å². The molecule has 1 fully saturated rings. The molecule has 0 aliphatic heterocycles. The maximum atomic E-state index is 10.6. The van der Waals surface area contributed by atoms with Crippen molar-refractivity contribution in [3.63, 3.8) is 0 Å². The molecule has 1 saturated carbocycles. The van der Waals surface area contributed by atoms with E-state index < -0.39 is 5.60 Å². The van der Waals surface area contributed by atoms with Crippen molar-refractivity contribution in [3.8, 4) is 5.88 Å². The second-order valence-electron chi connectivity index (χ2n) is 5.52. The number of rotatable bonds is 5. The Kier molecular flexibility index (Phi) is 4.64. The molecule has 1 heterocycles. The topological polar surface area (TPSA) is 54.4 Å². The second-order valence-corrected chi connectivity index (χ2v) is 5.52. The van der Waals surface area contributed by atoms with Gasteiger partial charge in [0.2, 0.25) is 5.88 Å². The van der Waals surface area contributed by atoms with Crippen molar-refractivity contribution in [2.45, 2.75) is 44.6 Å². The minimum absolute atomic E-state index is 0.567. The molecule has 0 atom stereocenters. The Morgan fingerprint density at radius 1 is 1.47 bits per heavy atom. The first kappa shape index (κ1) is 14.1. The third-order valence-corrected chi connectivity index (χ3v) is 4.18. The number of pyridine rings is 1. The first-order valence-electron chi connectivity index (χ1n) is 7.11. The molecule has 0 unspecified atom stereocenters. The van der Waals surface area contributed by atoms with Gasteiger partial charge in [0.25, 0.3) is 0 Å². The van der Waals surface area contributed by atoms with E-state index in [2.05, 4.69) is 17.2 Å². The van der Waals surface area contributed by atoms with Crippen molar-refractivity contribution < 1.29 is 9.84 Å². The van der Waals surface area contributed by atoms with Crippen molar-refractivity contribution in [2.24, 2.45) is 5.92 Å².